The number of aromatic nitrogens is 2. The van der Waals surface area contributed by atoms with Gasteiger partial charge in [0, 0.05) is 19.6 Å². The van der Waals surface area contributed by atoms with E-state index in [2.05, 4.69) is 34.1 Å². The Labute approximate surface area is 173 Å². The minimum atomic E-state index is -0.863. The van der Waals surface area contributed by atoms with Crippen LogP contribution in [0.4, 0.5) is 0 Å². The molecular formula is C22H24N4O4. The van der Waals surface area contributed by atoms with Crippen LogP contribution in [-0.2, 0) is 16.1 Å². The summed E-state index contributed by atoms with van der Waals surface area (Å²) in [6, 6.07) is 13.0. The van der Waals surface area contributed by atoms with Gasteiger partial charge in [-0.25, -0.2) is 10.5 Å². The van der Waals surface area contributed by atoms with Crippen molar-refractivity contribution in [1.82, 2.24) is 19.9 Å². The maximum Gasteiger partial charge on any atom is 0.266 e. The Morgan fingerprint density at radius 1 is 1.17 bits per heavy atom. The van der Waals surface area contributed by atoms with Crippen molar-refractivity contribution >= 4 is 16.8 Å². The smallest absolute Gasteiger partial charge is 0.266 e. The Balaban J connectivity index is 1.57. The van der Waals surface area contributed by atoms with Crippen LogP contribution in [0.1, 0.15) is 18.5 Å². The first kappa shape index (κ1) is 20.2. The van der Waals surface area contributed by atoms with E-state index in [9.17, 15) is 9.59 Å². The molecule has 2 aromatic carbocycles. The number of hydrogen-bond acceptors (Lipinski definition) is 6. The molecule has 1 aromatic heterocycles. The molecule has 3 aromatic rings. The highest BCUT2D eigenvalue weighted by molar-refractivity contribution is 5.84. The third-order valence-electron chi connectivity index (χ3n) is 5.49. The van der Waals surface area contributed by atoms with Gasteiger partial charge in [0.2, 0.25) is 0 Å². The van der Waals surface area contributed by atoms with E-state index in [1.807, 2.05) is 12.1 Å². The summed E-state index contributed by atoms with van der Waals surface area (Å²) in [6.07, 6.45) is 1.33. The average Bonchev–Trinajstić information content (AvgIpc) is 2.79. The highest BCUT2D eigenvalue weighted by Gasteiger charge is 2.17. The molecule has 0 saturated carbocycles. The quantitative estimate of drug-likeness (QED) is 0.495. The van der Waals surface area contributed by atoms with E-state index in [0.29, 0.717) is 10.9 Å². The molecule has 0 aliphatic carbocycles. The van der Waals surface area contributed by atoms with Crippen LogP contribution in [0.3, 0.4) is 0 Å². The first-order valence-electron chi connectivity index (χ1n) is 9.91. The zero-order valence-electron chi connectivity index (χ0n) is 16.7. The predicted molar refractivity (Wildman–Crippen MR) is 112 cm³/mol. The number of carbonyl (C=O) groups excluding carboxylic acids is 1. The number of ether oxygens (including phenoxy) is 1. The maximum absolute atomic E-state index is 12.7. The number of hydroxylamine groups is 1. The number of benzene rings is 2. The summed E-state index contributed by atoms with van der Waals surface area (Å²) in [6.45, 7) is 5.90. The highest BCUT2D eigenvalue weighted by atomic mass is 16.5. The minimum Gasteiger partial charge on any atom is -0.379 e. The highest BCUT2D eigenvalue weighted by Crippen LogP contribution is 2.23. The molecule has 0 bridgehead atoms. The number of rotatable bonds is 5. The van der Waals surface area contributed by atoms with Crippen LogP contribution >= 0.6 is 0 Å². The molecule has 30 heavy (non-hydrogen) atoms. The molecule has 1 saturated heterocycles. The third kappa shape index (κ3) is 4.11. The summed E-state index contributed by atoms with van der Waals surface area (Å²) < 4.78 is 6.60. The number of amides is 1. The monoisotopic (exact) mass is 408 g/mol. The van der Waals surface area contributed by atoms with Crippen molar-refractivity contribution in [3.63, 3.8) is 0 Å². The van der Waals surface area contributed by atoms with Crippen LogP contribution in [0.15, 0.2) is 53.6 Å². The zero-order valence-corrected chi connectivity index (χ0v) is 16.7. The maximum atomic E-state index is 12.7. The Morgan fingerprint density at radius 2 is 1.87 bits per heavy atom. The third-order valence-corrected chi connectivity index (χ3v) is 5.49. The van der Waals surface area contributed by atoms with E-state index < -0.39 is 11.9 Å². The molecular weight excluding hydrogens is 384 g/mol. The molecule has 8 heteroatoms. The van der Waals surface area contributed by atoms with Crippen LogP contribution in [0.5, 0.6) is 0 Å². The Morgan fingerprint density at radius 3 is 2.57 bits per heavy atom. The van der Waals surface area contributed by atoms with Crippen molar-refractivity contribution in [3.8, 4) is 11.1 Å². The Kier molecular flexibility index (Phi) is 5.89. The van der Waals surface area contributed by atoms with Crippen molar-refractivity contribution in [1.29, 1.82) is 0 Å². The molecule has 1 amide bonds. The molecule has 1 aliphatic rings. The molecule has 1 aliphatic heterocycles. The molecule has 2 heterocycles. The van der Waals surface area contributed by atoms with Gasteiger partial charge in [0.05, 0.1) is 30.4 Å². The first-order chi connectivity index (χ1) is 14.6. The number of carbonyl (C=O) groups is 1. The van der Waals surface area contributed by atoms with Crippen molar-refractivity contribution in [2.75, 3.05) is 26.3 Å². The lowest BCUT2D eigenvalue weighted by Crippen LogP contribution is -2.35. The lowest BCUT2D eigenvalue weighted by molar-refractivity contribution is -0.132. The Hall–Kier alpha value is -3.07. The van der Waals surface area contributed by atoms with Crippen molar-refractivity contribution < 1.29 is 14.7 Å². The number of hydrogen-bond donors (Lipinski definition) is 2. The second kappa shape index (κ2) is 8.74. The largest absolute Gasteiger partial charge is 0.379 e. The molecule has 1 unspecified atom stereocenters. The number of nitrogens with one attached hydrogen (secondary N) is 1. The number of morpholine rings is 1. The first-order valence-corrected chi connectivity index (χ1v) is 9.91. The van der Waals surface area contributed by atoms with Crippen molar-refractivity contribution in [2.24, 2.45) is 0 Å². The van der Waals surface area contributed by atoms with Gasteiger partial charge < -0.3 is 4.74 Å². The van der Waals surface area contributed by atoms with Crippen LogP contribution in [0.2, 0.25) is 0 Å². The van der Waals surface area contributed by atoms with Gasteiger partial charge >= 0.3 is 0 Å². The average molecular weight is 408 g/mol. The summed E-state index contributed by atoms with van der Waals surface area (Å²) in [5.41, 5.74) is 5.05. The summed E-state index contributed by atoms with van der Waals surface area (Å²) in [4.78, 5) is 31.1. The van der Waals surface area contributed by atoms with E-state index in [1.165, 1.54) is 23.4 Å². The molecule has 1 atom stereocenters. The van der Waals surface area contributed by atoms with Crippen molar-refractivity contribution in [3.05, 3.63) is 64.7 Å². The van der Waals surface area contributed by atoms with Gasteiger partial charge in [-0.1, -0.05) is 30.3 Å². The fourth-order valence-electron chi connectivity index (χ4n) is 3.63. The topological polar surface area (TPSA) is 96.7 Å². The minimum absolute atomic E-state index is 0.330. The second-order valence-corrected chi connectivity index (χ2v) is 7.43. The lowest BCUT2D eigenvalue weighted by Gasteiger charge is -2.26. The predicted octanol–water partition coefficient (Wildman–Crippen LogP) is 1.96. The standard InChI is InChI=1S/C22H24N4O4/c1-15(21(27)24-29)26-14-23-20-12-18(6-7-19(20)22(26)28)17-4-2-16(3-5-17)13-25-8-10-30-11-9-25/h2-7,12,14-15,29H,8-11,13H2,1H3,(H,24,27). The molecule has 8 nitrogen and oxygen atoms in total. The number of fused-ring (bicyclic) bond motifs is 1. The van der Waals surface area contributed by atoms with E-state index >= 15 is 0 Å². The summed E-state index contributed by atoms with van der Waals surface area (Å²) >= 11 is 0. The van der Waals surface area contributed by atoms with Gasteiger partial charge in [0.25, 0.3) is 11.5 Å². The molecule has 2 N–H and O–H groups in total. The normalized spacial score (nSPS) is 15.8. The second-order valence-electron chi connectivity index (χ2n) is 7.43. The van der Waals surface area contributed by atoms with E-state index in [4.69, 9.17) is 9.94 Å². The lowest BCUT2D eigenvalue weighted by atomic mass is 10.0. The van der Waals surface area contributed by atoms with Crippen LogP contribution < -0.4 is 11.0 Å². The van der Waals surface area contributed by atoms with Crippen LogP contribution in [0, 0.1) is 0 Å². The van der Waals surface area contributed by atoms with Gasteiger partial charge in [-0.15, -0.1) is 0 Å². The molecule has 4 rings (SSSR count). The fourth-order valence-corrected chi connectivity index (χ4v) is 3.63. The Bertz CT molecular complexity index is 1100. The SMILES string of the molecule is CC(C(=O)NO)n1cnc2cc(-c3ccc(CN4CCOCC4)cc3)ccc2c1=O. The van der Waals surface area contributed by atoms with Gasteiger partial charge in [-0.3, -0.25) is 24.3 Å². The summed E-state index contributed by atoms with van der Waals surface area (Å²) in [5, 5.41) is 9.22. The van der Waals surface area contributed by atoms with Gasteiger partial charge in [-0.05, 0) is 35.7 Å². The van der Waals surface area contributed by atoms with E-state index in [-0.39, 0.29) is 5.56 Å². The number of nitrogens with zero attached hydrogens (tertiary/aromatic N) is 3. The van der Waals surface area contributed by atoms with E-state index in [0.717, 1.165) is 44.0 Å². The molecule has 0 spiro atoms. The summed E-state index contributed by atoms with van der Waals surface area (Å²) in [5.74, 6) is -0.674. The van der Waals surface area contributed by atoms with E-state index in [1.54, 1.807) is 11.5 Å². The van der Waals surface area contributed by atoms with Gasteiger partial charge in [0.1, 0.15) is 6.04 Å². The molecule has 0 radical (unpaired) electrons. The molecule has 156 valence electrons. The van der Waals surface area contributed by atoms with Crippen molar-refractivity contribution in [2.45, 2.75) is 19.5 Å². The van der Waals surface area contributed by atoms with Crippen LogP contribution in [-0.4, -0.2) is 51.9 Å². The summed E-state index contributed by atoms with van der Waals surface area (Å²) in [7, 11) is 0. The zero-order chi connectivity index (χ0) is 21.1. The fraction of sp³-hybridized carbons (Fsp3) is 0.318. The molecule has 1 fully saturated rings. The van der Waals surface area contributed by atoms with Gasteiger partial charge in [0.15, 0.2) is 0 Å². The van der Waals surface area contributed by atoms with Gasteiger partial charge in [-0.2, -0.15) is 0 Å². The van der Waals surface area contributed by atoms with Crippen LogP contribution in [0.25, 0.3) is 22.0 Å².